The summed E-state index contributed by atoms with van der Waals surface area (Å²) in [6.45, 7) is 15.6. The van der Waals surface area contributed by atoms with Gasteiger partial charge in [-0.2, -0.15) is 0 Å². The van der Waals surface area contributed by atoms with Crippen LogP contribution in [-0.2, 0) is 14.4 Å². The normalized spacial score (nSPS) is 24.3. The molecule has 2 bridgehead atoms. The molecule has 47 heavy (non-hydrogen) atoms. The molecule has 0 radical (unpaired) electrons. The van der Waals surface area contributed by atoms with E-state index in [1.807, 2.05) is 63.2 Å². The number of carbonyl (C=O) groups excluding carboxylic acids is 3. The van der Waals surface area contributed by atoms with Gasteiger partial charge in [-0.25, -0.2) is 0 Å². The lowest BCUT2D eigenvalue weighted by atomic mass is 9.70. The van der Waals surface area contributed by atoms with Crippen LogP contribution in [0.2, 0.25) is 0 Å². The highest BCUT2D eigenvalue weighted by atomic mass is 32.2. The molecule has 5 rings (SSSR count). The zero-order valence-electron chi connectivity index (χ0n) is 28.0. The number of hydrogen-bond donors (Lipinski definition) is 1. The molecular formula is C38H49N3O5S. The Morgan fingerprint density at radius 2 is 1.72 bits per heavy atom. The highest BCUT2D eigenvalue weighted by Crippen LogP contribution is 2.67. The molecular weight excluding hydrogens is 611 g/mol. The number of benzene rings is 2. The Balaban J connectivity index is 1.52. The van der Waals surface area contributed by atoms with E-state index in [9.17, 15) is 19.5 Å². The first-order valence-electron chi connectivity index (χ1n) is 17.0. The van der Waals surface area contributed by atoms with Crippen LogP contribution in [0.25, 0.3) is 0 Å². The molecule has 3 aliphatic rings. The molecule has 0 saturated carbocycles. The third kappa shape index (κ3) is 6.61. The quantitative estimate of drug-likeness (QED) is 0.174. The third-order valence-corrected chi connectivity index (χ3v) is 11.8. The van der Waals surface area contributed by atoms with Crippen molar-refractivity contribution >= 4 is 40.9 Å². The van der Waals surface area contributed by atoms with Gasteiger partial charge in [-0.1, -0.05) is 37.1 Å². The second kappa shape index (κ2) is 15.1. The molecule has 2 aromatic carbocycles. The van der Waals surface area contributed by atoms with Crippen molar-refractivity contribution in [2.45, 2.75) is 75.3 Å². The number of likely N-dealkylation sites (tertiary alicyclic amines) is 1. The Labute approximate surface area is 283 Å². The monoisotopic (exact) mass is 659 g/mol. The number of nitrogens with zero attached hydrogens (tertiary/aromatic N) is 3. The Bertz CT molecular complexity index is 1480. The van der Waals surface area contributed by atoms with Crippen LogP contribution in [0.15, 0.2) is 67.8 Å². The van der Waals surface area contributed by atoms with Gasteiger partial charge in [-0.3, -0.25) is 14.4 Å². The van der Waals surface area contributed by atoms with Crippen LogP contribution in [0.3, 0.4) is 0 Å². The molecule has 1 N–H and O–H groups in total. The number of hydrogen-bond acceptors (Lipinski definition) is 6. The zero-order valence-corrected chi connectivity index (χ0v) is 28.8. The first kappa shape index (κ1) is 34.8. The van der Waals surface area contributed by atoms with E-state index in [0.717, 1.165) is 53.9 Å². The summed E-state index contributed by atoms with van der Waals surface area (Å²) in [6.07, 6.45) is 8.07. The number of unbranched alkanes of at least 4 members (excludes halogenated alkanes) is 3. The molecule has 5 atom stereocenters. The summed E-state index contributed by atoms with van der Waals surface area (Å²) in [5, 5.41) is 9.23. The lowest BCUT2D eigenvalue weighted by Gasteiger charge is -2.38. The standard InChI is InChI=1S/C38H49N3O5S/c1-6-21-39(28-15-17-29(18-16-28)46-8-3)35(43)32-31-19-20-38(47-31)33(32)36(44)41(23-11-9-10-12-24-42)34(38)37(45)40(22-7-2)30-25-26(4)13-14-27(30)5/h6-7,13-18,25,31-34,42H,1-2,8-12,19-24H2,3-5H3/t31-,32+,33-,34?,38?/m0/s1. The van der Waals surface area contributed by atoms with Gasteiger partial charge in [-0.05, 0) is 87.9 Å². The predicted octanol–water partition coefficient (Wildman–Crippen LogP) is 6.08. The van der Waals surface area contributed by atoms with E-state index in [2.05, 4.69) is 13.2 Å². The maximum Gasteiger partial charge on any atom is 0.251 e. The molecule has 252 valence electrons. The first-order chi connectivity index (χ1) is 22.7. The molecule has 2 unspecified atom stereocenters. The fraction of sp³-hybridized carbons (Fsp3) is 0.500. The number of ether oxygens (including phenoxy) is 1. The van der Waals surface area contributed by atoms with Crippen molar-refractivity contribution in [1.82, 2.24) is 4.90 Å². The van der Waals surface area contributed by atoms with Crippen molar-refractivity contribution in [3.8, 4) is 5.75 Å². The van der Waals surface area contributed by atoms with Crippen LogP contribution in [-0.4, -0.2) is 76.6 Å². The smallest absolute Gasteiger partial charge is 0.251 e. The molecule has 9 heteroatoms. The number of anilines is 2. The number of amides is 3. The molecule has 3 fully saturated rings. The summed E-state index contributed by atoms with van der Waals surface area (Å²) in [5.41, 5.74) is 3.57. The number of rotatable bonds is 16. The van der Waals surface area contributed by atoms with Crippen molar-refractivity contribution < 1.29 is 24.2 Å². The van der Waals surface area contributed by atoms with Crippen molar-refractivity contribution in [1.29, 1.82) is 0 Å². The summed E-state index contributed by atoms with van der Waals surface area (Å²) >= 11 is 1.69. The van der Waals surface area contributed by atoms with E-state index in [1.165, 1.54) is 0 Å². The molecule has 1 spiro atoms. The maximum absolute atomic E-state index is 15.0. The third-order valence-electron chi connectivity index (χ3n) is 9.90. The molecule has 3 aliphatic heterocycles. The molecule has 3 saturated heterocycles. The number of aliphatic hydroxyl groups is 1. The Kier molecular flexibility index (Phi) is 11.2. The summed E-state index contributed by atoms with van der Waals surface area (Å²) < 4.78 is 4.93. The number of thioether (sulfide) groups is 1. The largest absolute Gasteiger partial charge is 0.494 e. The highest BCUT2D eigenvalue weighted by Gasteiger charge is 2.74. The van der Waals surface area contributed by atoms with Gasteiger partial charge >= 0.3 is 0 Å². The van der Waals surface area contributed by atoms with E-state index in [1.54, 1.807) is 38.6 Å². The Hall–Kier alpha value is -3.56. The number of aliphatic hydroxyl groups excluding tert-OH is 1. The average molecular weight is 660 g/mol. The number of fused-ring (bicyclic) bond motifs is 1. The van der Waals surface area contributed by atoms with Crippen LogP contribution in [0.5, 0.6) is 5.75 Å². The van der Waals surface area contributed by atoms with Gasteiger partial charge < -0.3 is 24.5 Å². The molecule has 2 aromatic rings. The van der Waals surface area contributed by atoms with E-state index in [0.29, 0.717) is 39.1 Å². The van der Waals surface area contributed by atoms with Crippen molar-refractivity contribution in [2.75, 3.05) is 42.6 Å². The Morgan fingerprint density at radius 1 is 1.02 bits per heavy atom. The van der Waals surface area contributed by atoms with Crippen LogP contribution in [0, 0.1) is 25.7 Å². The molecule has 0 aliphatic carbocycles. The molecule has 0 aromatic heterocycles. The summed E-state index contributed by atoms with van der Waals surface area (Å²) in [5.74, 6) is -0.712. The fourth-order valence-electron chi connectivity index (χ4n) is 7.82. The summed E-state index contributed by atoms with van der Waals surface area (Å²) in [7, 11) is 0. The van der Waals surface area contributed by atoms with E-state index < -0.39 is 22.6 Å². The van der Waals surface area contributed by atoms with Gasteiger partial charge in [0.25, 0.3) is 5.91 Å². The number of aryl methyl sites for hydroxylation is 2. The lowest BCUT2D eigenvalue weighted by Crippen LogP contribution is -2.55. The van der Waals surface area contributed by atoms with Gasteiger partial charge in [-0.15, -0.1) is 24.9 Å². The van der Waals surface area contributed by atoms with Crippen molar-refractivity contribution in [3.63, 3.8) is 0 Å². The lowest BCUT2D eigenvalue weighted by molar-refractivity contribution is -0.139. The summed E-state index contributed by atoms with van der Waals surface area (Å²) in [6, 6.07) is 12.9. The fourth-order valence-corrected chi connectivity index (χ4v) is 10.0. The van der Waals surface area contributed by atoms with Crippen LogP contribution in [0.1, 0.15) is 56.6 Å². The minimum absolute atomic E-state index is 0.0537. The predicted molar refractivity (Wildman–Crippen MR) is 190 cm³/mol. The van der Waals surface area contributed by atoms with Gasteiger partial charge in [0, 0.05) is 42.9 Å². The van der Waals surface area contributed by atoms with E-state index in [-0.39, 0.29) is 29.6 Å². The second-order valence-electron chi connectivity index (χ2n) is 12.9. The molecule has 3 heterocycles. The van der Waals surface area contributed by atoms with Gasteiger partial charge in [0.1, 0.15) is 11.8 Å². The summed E-state index contributed by atoms with van der Waals surface area (Å²) in [4.78, 5) is 49.5. The minimum Gasteiger partial charge on any atom is -0.494 e. The molecule has 8 nitrogen and oxygen atoms in total. The van der Waals surface area contributed by atoms with Crippen LogP contribution in [0.4, 0.5) is 11.4 Å². The topological polar surface area (TPSA) is 90.4 Å². The minimum atomic E-state index is -0.694. The maximum atomic E-state index is 15.0. The first-order valence-corrected chi connectivity index (χ1v) is 17.8. The average Bonchev–Trinajstić information content (AvgIpc) is 3.71. The number of carbonyl (C=O) groups is 3. The van der Waals surface area contributed by atoms with Gasteiger partial charge in [0.2, 0.25) is 11.8 Å². The van der Waals surface area contributed by atoms with Crippen molar-refractivity contribution in [2.24, 2.45) is 11.8 Å². The van der Waals surface area contributed by atoms with Gasteiger partial charge in [0.15, 0.2) is 0 Å². The van der Waals surface area contributed by atoms with Crippen molar-refractivity contribution in [3.05, 3.63) is 78.9 Å². The molecule has 3 amide bonds. The van der Waals surface area contributed by atoms with E-state index in [4.69, 9.17) is 4.74 Å². The zero-order chi connectivity index (χ0) is 33.7. The van der Waals surface area contributed by atoms with Crippen LogP contribution >= 0.6 is 11.8 Å². The highest BCUT2D eigenvalue weighted by molar-refractivity contribution is 8.02. The second-order valence-corrected chi connectivity index (χ2v) is 14.5. The Morgan fingerprint density at radius 3 is 2.40 bits per heavy atom. The van der Waals surface area contributed by atoms with Crippen LogP contribution < -0.4 is 14.5 Å². The SMILES string of the molecule is C=CCN(C(=O)[C@@H]1[C@@H]2CCC3(S2)C(C(=O)N(CC=C)c2cc(C)ccc2C)N(CCCCCCO)C(=O)[C@H]13)c1ccc(OCC)cc1. The van der Waals surface area contributed by atoms with Gasteiger partial charge in [0.05, 0.1) is 23.2 Å². The van der Waals surface area contributed by atoms with E-state index >= 15 is 0 Å².